The molecule has 1 saturated carbocycles. The number of hydrogen-bond donors (Lipinski definition) is 2. The molecule has 2 aromatic heterocycles. The number of carbonyl (C=O) groups excluding carboxylic acids is 1. The Morgan fingerprint density at radius 2 is 2.00 bits per heavy atom. The van der Waals surface area contributed by atoms with Crippen LogP contribution in [-0.2, 0) is 6.42 Å². The van der Waals surface area contributed by atoms with Crippen molar-refractivity contribution in [3.8, 4) is 0 Å². The number of aliphatic hydroxyl groups excluding tert-OH is 1. The standard InChI is InChI=1S/C23H25N3O2/c1-15-10-11-16(14-24-15)12-17-13-21(25-19-7-3-2-6-18(17)19)23(28)26-20-8-4-5-9-22(20)27/h2-3,6-7,10-11,13-14,20,22,27H,4-5,8-9,12H2,1H3,(H,26,28)/t20-,22-/m0/s1. The highest BCUT2D eigenvalue weighted by Crippen LogP contribution is 2.23. The summed E-state index contributed by atoms with van der Waals surface area (Å²) in [6, 6.07) is 13.6. The maximum absolute atomic E-state index is 12.9. The van der Waals surface area contributed by atoms with Gasteiger partial charge in [-0.05, 0) is 55.5 Å². The second-order valence-corrected chi connectivity index (χ2v) is 7.60. The molecule has 1 aromatic carbocycles. The van der Waals surface area contributed by atoms with Gasteiger partial charge in [-0.2, -0.15) is 0 Å². The van der Waals surface area contributed by atoms with Gasteiger partial charge < -0.3 is 10.4 Å². The molecule has 3 aromatic rings. The van der Waals surface area contributed by atoms with Gasteiger partial charge in [-0.15, -0.1) is 0 Å². The first kappa shape index (κ1) is 18.6. The van der Waals surface area contributed by atoms with Crippen LogP contribution < -0.4 is 5.32 Å². The molecule has 2 N–H and O–H groups in total. The Hall–Kier alpha value is -2.79. The third-order valence-corrected chi connectivity index (χ3v) is 5.45. The number of benzene rings is 1. The number of pyridine rings is 2. The summed E-state index contributed by atoms with van der Waals surface area (Å²) < 4.78 is 0. The molecule has 0 bridgehead atoms. The van der Waals surface area contributed by atoms with E-state index in [1.54, 1.807) is 0 Å². The van der Waals surface area contributed by atoms with Gasteiger partial charge in [0.15, 0.2) is 0 Å². The molecule has 0 unspecified atom stereocenters. The van der Waals surface area contributed by atoms with Crippen molar-refractivity contribution in [1.82, 2.24) is 15.3 Å². The van der Waals surface area contributed by atoms with Gasteiger partial charge in [-0.3, -0.25) is 9.78 Å². The van der Waals surface area contributed by atoms with Crippen molar-refractivity contribution in [2.75, 3.05) is 0 Å². The van der Waals surface area contributed by atoms with E-state index in [1.807, 2.05) is 49.5 Å². The number of nitrogens with one attached hydrogen (secondary N) is 1. The van der Waals surface area contributed by atoms with Crippen molar-refractivity contribution in [3.63, 3.8) is 0 Å². The summed E-state index contributed by atoms with van der Waals surface area (Å²) in [5.74, 6) is -0.222. The molecule has 1 amide bonds. The molecule has 5 nitrogen and oxygen atoms in total. The predicted molar refractivity (Wildman–Crippen MR) is 109 cm³/mol. The second kappa shape index (κ2) is 8.07. The lowest BCUT2D eigenvalue weighted by atomic mass is 9.92. The van der Waals surface area contributed by atoms with Crippen LogP contribution in [0.1, 0.15) is 53.0 Å². The van der Waals surface area contributed by atoms with E-state index in [9.17, 15) is 9.90 Å². The Morgan fingerprint density at radius 1 is 1.18 bits per heavy atom. The van der Waals surface area contributed by atoms with Crippen LogP contribution in [0.4, 0.5) is 0 Å². The average Bonchev–Trinajstić information content (AvgIpc) is 2.71. The normalized spacial score (nSPS) is 19.5. The molecule has 0 radical (unpaired) electrons. The fraction of sp³-hybridized carbons (Fsp3) is 0.348. The van der Waals surface area contributed by atoms with Gasteiger partial charge in [0.05, 0.1) is 17.7 Å². The third kappa shape index (κ3) is 4.04. The molecule has 4 rings (SSSR count). The molecule has 144 valence electrons. The number of para-hydroxylation sites is 1. The monoisotopic (exact) mass is 375 g/mol. The smallest absolute Gasteiger partial charge is 0.270 e. The topological polar surface area (TPSA) is 75.1 Å². The van der Waals surface area contributed by atoms with Crippen molar-refractivity contribution in [2.24, 2.45) is 0 Å². The van der Waals surface area contributed by atoms with Crippen LogP contribution in [0.5, 0.6) is 0 Å². The number of carbonyl (C=O) groups is 1. The molecule has 0 saturated heterocycles. The lowest BCUT2D eigenvalue weighted by molar-refractivity contribution is 0.0714. The molecule has 2 atom stereocenters. The zero-order chi connectivity index (χ0) is 19.5. The van der Waals surface area contributed by atoms with Gasteiger partial charge >= 0.3 is 0 Å². The van der Waals surface area contributed by atoms with E-state index in [1.165, 1.54) is 0 Å². The Kier molecular flexibility index (Phi) is 5.35. The van der Waals surface area contributed by atoms with Crippen molar-refractivity contribution in [1.29, 1.82) is 0 Å². The van der Waals surface area contributed by atoms with E-state index < -0.39 is 6.10 Å². The van der Waals surface area contributed by atoms with Crippen molar-refractivity contribution < 1.29 is 9.90 Å². The van der Waals surface area contributed by atoms with Crippen LogP contribution in [0.15, 0.2) is 48.7 Å². The largest absolute Gasteiger partial charge is 0.391 e. The lowest BCUT2D eigenvalue weighted by Crippen LogP contribution is -2.45. The number of hydrogen-bond acceptors (Lipinski definition) is 4. The van der Waals surface area contributed by atoms with E-state index in [-0.39, 0.29) is 11.9 Å². The lowest BCUT2D eigenvalue weighted by Gasteiger charge is -2.28. The minimum atomic E-state index is -0.476. The molecular weight excluding hydrogens is 350 g/mol. The van der Waals surface area contributed by atoms with E-state index in [4.69, 9.17) is 0 Å². The highest BCUT2D eigenvalue weighted by molar-refractivity contribution is 5.96. The fourth-order valence-corrected chi connectivity index (χ4v) is 3.85. The summed E-state index contributed by atoms with van der Waals surface area (Å²) >= 11 is 0. The number of amides is 1. The van der Waals surface area contributed by atoms with E-state index in [2.05, 4.69) is 21.4 Å². The molecule has 2 heterocycles. The summed E-state index contributed by atoms with van der Waals surface area (Å²) in [4.78, 5) is 21.8. The van der Waals surface area contributed by atoms with Gasteiger partial charge in [-0.25, -0.2) is 4.98 Å². The Labute approximate surface area is 164 Å². The zero-order valence-electron chi connectivity index (χ0n) is 16.1. The minimum absolute atomic E-state index is 0.195. The van der Waals surface area contributed by atoms with Crippen molar-refractivity contribution in [2.45, 2.75) is 51.2 Å². The summed E-state index contributed by atoms with van der Waals surface area (Å²) in [6.07, 6.45) is 5.67. The maximum Gasteiger partial charge on any atom is 0.270 e. The molecule has 5 heteroatoms. The van der Waals surface area contributed by atoms with Gasteiger partial charge in [0, 0.05) is 17.3 Å². The van der Waals surface area contributed by atoms with E-state index in [0.717, 1.165) is 53.4 Å². The predicted octanol–water partition coefficient (Wildman–Crippen LogP) is 3.56. The van der Waals surface area contributed by atoms with Crippen molar-refractivity contribution in [3.05, 3.63) is 71.2 Å². The second-order valence-electron chi connectivity index (χ2n) is 7.60. The Balaban J connectivity index is 1.65. The van der Waals surface area contributed by atoms with Crippen LogP contribution >= 0.6 is 0 Å². The first-order valence-corrected chi connectivity index (χ1v) is 9.89. The van der Waals surface area contributed by atoms with Crippen LogP contribution in [0.3, 0.4) is 0 Å². The Morgan fingerprint density at radius 3 is 2.79 bits per heavy atom. The number of aliphatic hydroxyl groups is 1. The van der Waals surface area contributed by atoms with Gasteiger partial charge in [-0.1, -0.05) is 37.1 Å². The molecule has 1 aliphatic carbocycles. The third-order valence-electron chi connectivity index (χ3n) is 5.45. The molecular formula is C23H25N3O2. The van der Waals surface area contributed by atoms with Crippen LogP contribution in [0.2, 0.25) is 0 Å². The zero-order valence-corrected chi connectivity index (χ0v) is 16.1. The number of aromatic nitrogens is 2. The molecule has 28 heavy (non-hydrogen) atoms. The summed E-state index contributed by atoms with van der Waals surface area (Å²) in [6.45, 7) is 1.97. The first-order valence-electron chi connectivity index (χ1n) is 9.89. The van der Waals surface area contributed by atoms with E-state index >= 15 is 0 Å². The summed E-state index contributed by atoms with van der Waals surface area (Å²) in [7, 11) is 0. The molecule has 1 aliphatic rings. The van der Waals surface area contributed by atoms with Crippen LogP contribution in [0, 0.1) is 6.92 Å². The number of aryl methyl sites for hydroxylation is 1. The molecule has 0 spiro atoms. The quantitative estimate of drug-likeness (QED) is 0.731. The average molecular weight is 375 g/mol. The Bertz CT molecular complexity index is 985. The summed E-state index contributed by atoms with van der Waals surface area (Å²) in [5, 5.41) is 14.2. The maximum atomic E-state index is 12.9. The molecule has 0 aliphatic heterocycles. The number of fused-ring (bicyclic) bond motifs is 1. The highest BCUT2D eigenvalue weighted by Gasteiger charge is 2.25. The number of rotatable bonds is 4. The van der Waals surface area contributed by atoms with Gasteiger partial charge in [0.25, 0.3) is 5.91 Å². The highest BCUT2D eigenvalue weighted by atomic mass is 16.3. The SMILES string of the molecule is Cc1ccc(Cc2cc(C(=O)N[C@H]3CCCC[C@@H]3O)nc3ccccc23)cn1. The summed E-state index contributed by atoms with van der Waals surface area (Å²) in [5.41, 5.74) is 4.32. The van der Waals surface area contributed by atoms with Crippen LogP contribution in [-0.4, -0.2) is 33.1 Å². The first-order chi connectivity index (χ1) is 13.6. The fourth-order valence-electron chi connectivity index (χ4n) is 3.85. The number of nitrogens with zero attached hydrogens (tertiary/aromatic N) is 2. The van der Waals surface area contributed by atoms with Crippen molar-refractivity contribution >= 4 is 16.8 Å². The van der Waals surface area contributed by atoms with E-state index in [0.29, 0.717) is 12.1 Å². The van der Waals surface area contributed by atoms with Crippen LogP contribution in [0.25, 0.3) is 10.9 Å². The van der Waals surface area contributed by atoms with Gasteiger partial charge in [0.2, 0.25) is 0 Å². The van der Waals surface area contributed by atoms with Gasteiger partial charge in [0.1, 0.15) is 5.69 Å². The molecule has 1 fully saturated rings. The minimum Gasteiger partial charge on any atom is -0.391 e.